The SMILES string of the molecule is [2H]c1ccc([2H])c([As]=O)c1. The molecule has 0 atom stereocenters. The van der Waals surface area contributed by atoms with E-state index in [1.165, 1.54) is 18.2 Å². The summed E-state index contributed by atoms with van der Waals surface area (Å²) >= 11 is -1.16. The van der Waals surface area contributed by atoms with E-state index >= 15 is 0 Å². The third-order valence-corrected chi connectivity index (χ3v) is 1.68. The molecule has 0 aliphatic heterocycles. The van der Waals surface area contributed by atoms with Gasteiger partial charge in [0.05, 0.1) is 0 Å². The fourth-order valence-electron chi connectivity index (χ4n) is 0.397. The molecule has 0 aliphatic carbocycles. The molecule has 2 heteroatoms. The van der Waals surface area contributed by atoms with Gasteiger partial charge < -0.3 is 0 Å². The molecule has 0 heterocycles. The summed E-state index contributed by atoms with van der Waals surface area (Å²) < 4.78 is 25.2. The van der Waals surface area contributed by atoms with Crippen molar-refractivity contribution in [1.82, 2.24) is 0 Å². The zero-order valence-corrected chi connectivity index (χ0v) is 5.96. The van der Waals surface area contributed by atoms with Crippen molar-refractivity contribution in [2.45, 2.75) is 0 Å². The zero-order valence-electron chi connectivity index (χ0n) is 6.09. The minimum absolute atomic E-state index is 0.269. The summed E-state index contributed by atoms with van der Waals surface area (Å²) in [7, 11) is 0. The van der Waals surface area contributed by atoms with Crippen LogP contribution in [0, 0.1) is 0 Å². The molecule has 40 valence electrons. The molecule has 8 heavy (non-hydrogen) atoms. The second-order valence-corrected chi connectivity index (χ2v) is 2.66. The van der Waals surface area contributed by atoms with Crippen molar-refractivity contribution in [2.75, 3.05) is 0 Å². The van der Waals surface area contributed by atoms with Crippen molar-refractivity contribution in [3.8, 4) is 0 Å². The zero-order chi connectivity index (χ0) is 7.56. The van der Waals surface area contributed by atoms with E-state index in [2.05, 4.69) is 0 Å². The van der Waals surface area contributed by atoms with Crippen LogP contribution in [0.5, 0.6) is 0 Å². The summed E-state index contributed by atoms with van der Waals surface area (Å²) in [6.07, 6.45) is 0. The number of rotatable bonds is 1. The van der Waals surface area contributed by atoms with Crippen molar-refractivity contribution >= 4 is 20.0 Å². The van der Waals surface area contributed by atoms with Crippen LogP contribution in [0.25, 0.3) is 0 Å². The van der Waals surface area contributed by atoms with E-state index in [0.717, 1.165) is 0 Å². The fourth-order valence-corrected chi connectivity index (χ4v) is 0.930. The van der Waals surface area contributed by atoms with E-state index in [0.29, 0.717) is 10.4 Å². The Morgan fingerprint density at radius 2 is 2.50 bits per heavy atom. The van der Waals surface area contributed by atoms with Gasteiger partial charge in [-0.25, -0.2) is 0 Å². The van der Waals surface area contributed by atoms with Gasteiger partial charge in [0, 0.05) is 0 Å². The Morgan fingerprint density at radius 1 is 1.62 bits per heavy atom. The predicted octanol–water partition coefficient (Wildman–Crippen LogP) is 0.362. The molecular weight excluding hydrogens is 163 g/mol. The van der Waals surface area contributed by atoms with E-state index in [4.69, 9.17) is 2.74 Å². The second kappa shape index (κ2) is 2.78. The summed E-state index contributed by atoms with van der Waals surface area (Å²) in [5, 5.41) is 0. The first-order valence-electron chi connectivity index (χ1n) is 3.14. The van der Waals surface area contributed by atoms with Gasteiger partial charge in [-0.2, -0.15) is 0 Å². The van der Waals surface area contributed by atoms with E-state index in [1.54, 1.807) is 0 Å². The van der Waals surface area contributed by atoms with E-state index in [9.17, 15) is 3.74 Å². The van der Waals surface area contributed by atoms with Gasteiger partial charge in [0.2, 0.25) is 0 Å². The molecule has 1 aromatic rings. The molecule has 0 aliphatic rings. The second-order valence-electron chi connectivity index (χ2n) is 1.27. The monoisotopic (exact) mass is 170 g/mol. The molecule has 1 aromatic carbocycles. The van der Waals surface area contributed by atoms with Crippen LogP contribution >= 0.6 is 0 Å². The van der Waals surface area contributed by atoms with Gasteiger partial charge in [0.1, 0.15) is 0 Å². The van der Waals surface area contributed by atoms with Crippen molar-refractivity contribution in [3.05, 3.63) is 30.3 Å². The Labute approximate surface area is 57.4 Å². The molecule has 0 spiro atoms. The maximum absolute atomic E-state index is 10.4. The van der Waals surface area contributed by atoms with Gasteiger partial charge in [-0.3, -0.25) is 0 Å². The van der Waals surface area contributed by atoms with Crippen molar-refractivity contribution in [1.29, 1.82) is 0 Å². The molecule has 0 amide bonds. The molecule has 0 radical (unpaired) electrons. The van der Waals surface area contributed by atoms with Gasteiger partial charge in [-0.15, -0.1) is 0 Å². The molecule has 0 unspecified atom stereocenters. The van der Waals surface area contributed by atoms with E-state index in [1.807, 2.05) is 0 Å². The van der Waals surface area contributed by atoms with Gasteiger partial charge in [0.25, 0.3) is 0 Å². The average molecular weight is 170 g/mol. The Morgan fingerprint density at radius 3 is 3.12 bits per heavy atom. The number of benzene rings is 1. The number of hydrogen-bond donors (Lipinski definition) is 0. The topological polar surface area (TPSA) is 17.1 Å². The van der Waals surface area contributed by atoms with Crippen LogP contribution in [0.4, 0.5) is 0 Å². The van der Waals surface area contributed by atoms with Gasteiger partial charge in [0.15, 0.2) is 0 Å². The van der Waals surface area contributed by atoms with Crippen molar-refractivity contribution in [2.24, 2.45) is 0 Å². The average Bonchev–Trinajstić information content (AvgIpc) is 1.94. The Hall–Kier alpha value is -0.422. The maximum atomic E-state index is 10.4. The van der Waals surface area contributed by atoms with Crippen LogP contribution in [0.1, 0.15) is 2.74 Å². The molecule has 0 N–H and O–H groups in total. The van der Waals surface area contributed by atoms with Crippen LogP contribution in [-0.2, 0) is 3.74 Å². The van der Waals surface area contributed by atoms with E-state index in [-0.39, 0.29) is 6.04 Å². The molecule has 0 fully saturated rings. The Balaban J connectivity index is 3.21. The number of hydrogen-bond acceptors (Lipinski definition) is 1. The van der Waals surface area contributed by atoms with Crippen LogP contribution in [-0.4, -0.2) is 15.7 Å². The van der Waals surface area contributed by atoms with Gasteiger partial charge in [-0.1, -0.05) is 0 Å². The first-order chi connectivity index (χ1) is 4.74. The third-order valence-electron chi connectivity index (χ3n) is 0.729. The van der Waals surface area contributed by atoms with Crippen LogP contribution < -0.4 is 4.35 Å². The quantitative estimate of drug-likeness (QED) is 0.556. The van der Waals surface area contributed by atoms with E-state index < -0.39 is 15.7 Å². The molecule has 0 saturated heterocycles. The molecule has 1 nitrogen and oxygen atoms in total. The molecular formula is C6H5AsO. The third kappa shape index (κ3) is 1.27. The Bertz CT molecular complexity index is 262. The van der Waals surface area contributed by atoms with Crippen LogP contribution in [0.15, 0.2) is 30.3 Å². The Kier molecular flexibility index (Phi) is 1.24. The fraction of sp³-hybridized carbons (Fsp3) is 0. The van der Waals surface area contributed by atoms with Crippen LogP contribution in [0.2, 0.25) is 0 Å². The molecule has 1 rings (SSSR count). The summed E-state index contributed by atoms with van der Waals surface area (Å²) in [5.41, 5.74) is 0. The van der Waals surface area contributed by atoms with Crippen molar-refractivity contribution in [3.63, 3.8) is 0 Å². The predicted molar refractivity (Wildman–Crippen MR) is 32.5 cm³/mol. The first kappa shape index (κ1) is 3.57. The molecule has 0 saturated carbocycles. The minimum atomic E-state index is -1.16. The standard InChI is InChI=1S/C6H5AsO/c8-7-6-4-2-1-3-5-6/h1-5H/i2D,5D. The van der Waals surface area contributed by atoms with Crippen LogP contribution in [0.3, 0.4) is 0 Å². The normalized spacial score (nSPS) is 13.0. The summed E-state index contributed by atoms with van der Waals surface area (Å²) in [6.45, 7) is 0. The molecule has 0 bridgehead atoms. The first-order valence-corrected chi connectivity index (χ1v) is 3.85. The summed E-state index contributed by atoms with van der Waals surface area (Å²) in [4.78, 5) is 0. The van der Waals surface area contributed by atoms with Gasteiger partial charge in [-0.05, 0) is 0 Å². The van der Waals surface area contributed by atoms with Gasteiger partial charge >= 0.3 is 56.8 Å². The van der Waals surface area contributed by atoms with Crippen molar-refractivity contribution < 1.29 is 6.48 Å². The summed E-state index contributed by atoms with van der Waals surface area (Å²) in [5.74, 6) is 0. The summed E-state index contributed by atoms with van der Waals surface area (Å²) in [6, 6.07) is 5.06. The molecule has 0 aromatic heterocycles.